The Kier molecular flexibility index (Phi) is 6.90. The van der Waals surface area contributed by atoms with Gasteiger partial charge in [-0.15, -0.1) is 0 Å². The van der Waals surface area contributed by atoms with Crippen LogP contribution in [0.1, 0.15) is 46.1 Å². The normalized spacial score (nSPS) is 13.2. The van der Waals surface area contributed by atoms with E-state index in [1.54, 1.807) is 0 Å². The van der Waals surface area contributed by atoms with Crippen molar-refractivity contribution in [3.63, 3.8) is 0 Å². The van der Waals surface area contributed by atoms with Crippen LogP contribution in [0.5, 0.6) is 0 Å². The highest BCUT2D eigenvalue weighted by Gasteiger charge is 2.22. The Bertz CT molecular complexity index is 426. The van der Waals surface area contributed by atoms with Crippen LogP contribution in [-0.2, 0) is 10.2 Å². The van der Waals surface area contributed by atoms with Gasteiger partial charge < -0.3 is 11.1 Å². The van der Waals surface area contributed by atoms with Gasteiger partial charge in [-0.2, -0.15) is 0 Å². The average molecular weight is 290 g/mol. The number of carbonyl (C=O) groups is 1. The Morgan fingerprint density at radius 3 is 2.38 bits per heavy atom. The van der Waals surface area contributed by atoms with E-state index >= 15 is 0 Å². The summed E-state index contributed by atoms with van der Waals surface area (Å²) >= 11 is 0. The number of hydrogen-bond donors (Lipinski definition) is 2. The molecule has 0 heterocycles. The third kappa shape index (κ3) is 6.30. The van der Waals surface area contributed by atoms with Gasteiger partial charge in [-0.1, -0.05) is 58.0 Å². The molecule has 0 fully saturated rings. The van der Waals surface area contributed by atoms with E-state index in [2.05, 4.69) is 45.1 Å². The minimum atomic E-state index is -0.0623. The predicted molar refractivity (Wildman–Crippen MR) is 89.1 cm³/mol. The fourth-order valence-electron chi connectivity index (χ4n) is 2.57. The van der Waals surface area contributed by atoms with Crippen molar-refractivity contribution in [1.29, 1.82) is 0 Å². The van der Waals surface area contributed by atoms with Gasteiger partial charge in [0.1, 0.15) is 0 Å². The molecule has 0 aliphatic heterocycles. The van der Waals surface area contributed by atoms with E-state index in [0.717, 1.165) is 6.42 Å². The SMILES string of the molecule is CC(C)C[C@H](CN)CC(=O)NCC(C)(C)c1ccccc1. The van der Waals surface area contributed by atoms with Crippen molar-refractivity contribution < 1.29 is 4.79 Å². The summed E-state index contributed by atoms with van der Waals surface area (Å²) in [4.78, 5) is 12.1. The molecule has 0 saturated carbocycles. The van der Waals surface area contributed by atoms with E-state index in [1.165, 1.54) is 5.56 Å². The smallest absolute Gasteiger partial charge is 0.220 e. The van der Waals surface area contributed by atoms with Crippen LogP contribution in [0.2, 0.25) is 0 Å². The second-order valence-electron chi connectivity index (χ2n) is 6.96. The molecule has 1 amide bonds. The summed E-state index contributed by atoms with van der Waals surface area (Å²) in [6, 6.07) is 10.3. The highest BCUT2D eigenvalue weighted by Crippen LogP contribution is 2.22. The summed E-state index contributed by atoms with van der Waals surface area (Å²) in [5.41, 5.74) is 6.94. The summed E-state index contributed by atoms with van der Waals surface area (Å²) in [7, 11) is 0. The van der Waals surface area contributed by atoms with Crippen molar-refractivity contribution in [3.8, 4) is 0 Å². The third-order valence-electron chi connectivity index (χ3n) is 3.89. The Labute approximate surface area is 129 Å². The summed E-state index contributed by atoms with van der Waals surface area (Å²) in [6.45, 7) is 9.86. The summed E-state index contributed by atoms with van der Waals surface area (Å²) in [6.07, 6.45) is 1.53. The molecule has 0 radical (unpaired) electrons. The van der Waals surface area contributed by atoms with Crippen molar-refractivity contribution in [1.82, 2.24) is 5.32 Å². The summed E-state index contributed by atoms with van der Waals surface area (Å²) < 4.78 is 0. The van der Waals surface area contributed by atoms with Crippen LogP contribution in [0, 0.1) is 11.8 Å². The first-order valence-corrected chi connectivity index (χ1v) is 7.87. The topological polar surface area (TPSA) is 55.1 Å². The van der Waals surface area contributed by atoms with Crippen molar-refractivity contribution in [2.24, 2.45) is 17.6 Å². The van der Waals surface area contributed by atoms with Crippen molar-refractivity contribution in [2.75, 3.05) is 13.1 Å². The first-order chi connectivity index (χ1) is 9.85. The van der Waals surface area contributed by atoms with Gasteiger partial charge in [0.25, 0.3) is 0 Å². The molecule has 0 bridgehead atoms. The molecule has 0 aliphatic rings. The predicted octanol–water partition coefficient (Wildman–Crippen LogP) is 3.09. The van der Waals surface area contributed by atoms with Crippen LogP contribution in [0.4, 0.5) is 0 Å². The van der Waals surface area contributed by atoms with Crippen molar-refractivity contribution in [2.45, 2.75) is 46.0 Å². The van der Waals surface area contributed by atoms with E-state index in [1.807, 2.05) is 18.2 Å². The van der Waals surface area contributed by atoms with Gasteiger partial charge in [0.05, 0.1) is 0 Å². The number of nitrogens with two attached hydrogens (primary N) is 1. The molecule has 0 saturated heterocycles. The molecule has 21 heavy (non-hydrogen) atoms. The van der Waals surface area contributed by atoms with E-state index in [9.17, 15) is 4.79 Å². The summed E-state index contributed by atoms with van der Waals surface area (Å²) in [5.74, 6) is 0.965. The third-order valence-corrected chi connectivity index (χ3v) is 3.89. The molecule has 3 nitrogen and oxygen atoms in total. The lowest BCUT2D eigenvalue weighted by Crippen LogP contribution is -2.38. The molecule has 0 spiro atoms. The van der Waals surface area contributed by atoms with Gasteiger partial charge in [0.15, 0.2) is 0 Å². The van der Waals surface area contributed by atoms with Crippen LogP contribution in [0.25, 0.3) is 0 Å². The Morgan fingerprint density at radius 2 is 1.86 bits per heavy atom. The molecule has 1 atom stereocenters. The number of nitrogens with one attached hydrogen (secondary N) is 1. The fraction of sp³-hybridized carbons (Fsp3) is 0.611. The monoisotopic (exact) mass is 290 g/mol. The van der Waals surface area contributed by atoms with Crippen LogP contribution in [0.15, 0.2) is 30.3 Å². The van der Waals surface area contributed by atoms with Crippen LogP contribution in [0.3, 0.4) is 0 Å². The highest BCUT2D eigenvalue weighted by atomic mass is 16.1. The van der Waals surface area contributed by atoms with Gasteiger partial charge in [-0.3, -0.25) is 4.79 Å². The molecular weight excluding hydrogens is 260 g/mol. The zero-order valence-electron chi connectivity index (χ0n) is 13.9. The minimum Gasteiger partial charge on any atom is -0.355 e. The first-order valence-electron chi connectivity index (χ1n) is 7.87. The van der Waals surface area contributed by atoms with Gasteiger partial charge in [0, 0.05) is 18.4 Å². The maximum absolute atomic E-state index is 12.1. The number of carbonyl (C=O) groups excluding carboxylic acids is 1. The summed E-state index contributed by atoms with van der Waals surface area (Å²) in [5, 5.41) is 3.06. The quantitative estimate of drug-likeness (QED) is 0.773. The molecule has 3 N–H and O–H groups in total. The molecule has 0 unspecified atom stereocenters. The van der Waals surface area contributed by atoms with Gasteiger partial charge in [-0.05, 0) is 30.4 Å². The van der Waals surface area contributed by atoms with E-state index < -0.39 is 0 Å². The molecule has 1 rings (SSSR count). The maximum atomic E-state index is 12.1. The molecule has 118 valence electrons. The minimum absolute atomic E-state index is 0.0623. The Morgan fingerprint density at radius 1 is 1.24 bits per heavy atom. The standard InChI is InChI=1S/C18H30N2O/c1-14(2)10-15(12-19)11-17(21)20-13-18(3,4)16-8-6-5-7-9-16/h5-9,14-15H,10-13,19H2,1-4H3,(H,20,21)/t15-/m0/s1. The number of amides is 1. The molecule has 0 aromatic heterocycles. The fourth-order valence-corrected chi connectivity index (χ4v) is 2.57. The van der Waals surface area contributed by atoms with Crippen LogP contribution in [-0.4, -0.2) is 19.0 Å². The van der Waals surface area contributed by atoms with Crippen molar-refractivity contribution >= 4 is 5.91 Å². The second-order valence-corrected chi connectivity index (χ2v) is 6.96. The Balaban J connectivity index is 2.48. The number of benzene rings is 1. The molecular formula is C18H30N2O. The first kappa shape index (κ1) is 17.7. The number of rotatable bonds is 8. The lowest BCUT2D eigenvalue weighted by molar-refractivity contribution is -0.122. The molecule has 0 aliphatic carbocycles. The van der Waals surface area contributed by atoms with Crippen molar-refractivity contribution in [3.05, 3.63) is 35.9 Å². The molecule has 1 aromatic carbocycles. The lowest BCUT2D eigenvalue weighted by atomic mass is 9.84. The van der Waals surface area contributed by atoms with Gasteiger partial charge in [0.2, 0.25) is 5.91 Å². The zero-order chi connectivity index (χ0) is 15.9. The Hall–Kier alpha value is -1.35. The van der Waals surface area contributed by atoms with E-state index in [-0.39, 0.29) is 17.2 Å². The second kappa shape index (κ2) is 8.18. The van der Waals surface area contributed by atoms with E-state index in [4.69, 9.17) is 5.73 Å². The van der Waals surface area contributed by atoms with Crippen LogP contribution < -0.4 is 11.1 Å². The number of hydrogen-bond acceptors (Lipinski definition) is 2. The molecule has 1 aromatic rings. The van der Waals surface area contributed by atoms with Crippen LogP contribution >= 0.6 is 0 Å². The molecule has 3 heteroatoms. The highest BCUT2D eigenvalue weighted by molar-refractivity contribution is 5.76. The zero-order valence-corrected chi connectivity index (χ0v) is 13.9. The largest absolute Gasteiger partial charge is 0.355 e. The lowest BCUT2D eigenvalue weighted by Gasteiger charge is -2.26. The van der Waals surface area contributed by atoms with Gasteiger partial charge >= 0.3 is 0 Å². The van der Waals surface area contributed by atoms with E-state index in [0.29, 0.717) is 25.4 Å². The average Bonchev–Trinajstić information content (AvgIpc) is 2.45. The maximum Gasteiger partial charge on any atom is 0.220 e. The van der Waals surface area contributed by atoms with Gasteiger partial charge in [-0.25, -0.2) is 0 Å².